The minimum absolute atomic E-state index is 0.0154. The fourth-order valence-corrected chi connectivity index (χ4v) is 3.87. The number of nitrogens with one attached hydrogen (secondary N) is 1. The van der Waals surface area contributed by atoms with Gasteiger partial charge in [-0.1, -0.05) is 12.1 Å². The van der Waals surface area contributed by atoms with Crippen molar-refractivity contribution in [1.82, 2.24) is 15.0 Å². The number of pyridine rings is 1. The van der Waals surface area contributed by atoms with Gasteiger partial charge in [-0.15, -0.1) is 0 Å². The normalized spacial score (nSPS) is 11.9. The van der Waals surface area contributed by atoms with Crippen LogP contribution in [-0.2, 0) is 12.5 Å². The highest BCUT2D eigenvalue weighted by atomic mass is 19.3. The van der Waals surface area contributed by atoms with E-state index in [9.17, 15) is 13.9 Å². The van der Waals surface area contributed by atoms with Gasteiger partial charge in [0.15, 0.2) is 11.5 Å². The largest absolute Gasteiger partial charge is 0.493 e. The fraction of sp³-hybridized carbons (Fsp3) is 0.321. The Balaban J connectivity index is 1.57. The number of fused-ring (bicyclic) bond motifs is 1. The summed E-state index contributed by atoms with van der Waals surface area (Å²) in [5.74, 6) is -2.64. The summed E-state index contributed by atoms with van der Waals surface area (Å²) >= 11 is 0. The Hall–Kier alpha value is -4.12. The number of nitrogens with zero attached hydrogens (tertiary/aromatic N) is 3. The molecule has 0 atom stereocenters. The Bertz CT molecular complexity index is 1450. The number of aliphatic hydroxyl groups is 1. The molecule has 2 heterocycles. The highest BCUT2D eigenvalue weighted by Gasteiger charge is 2.48. The molecule has 0 aliphatic rings. The SMILES string of the molecule is COc1cc2nc(C)nc(NCc3cccc(C(F)(F)C(C)(C)O)c3F)c2cc1OCCOc1cccnc1. The standard InChI is InChI=1S/C28H29F3N4O4/c1-17-34-22-14-23(37-4)24(39-12-11-38-19-8-6-10-32-16-19)13-20(22)26(35-17)33-15-18-7-5-9-21(25(18)29)28(30,31)27(2,3)36/h5-10,13-14,16,36H,11-12,15H2,1-4H3,(H,33,34,35). The summed E-state index contributed by atoms with van der Waals surface area (Å²) in [5.41, 5.74) is -2.80. The lowest BCUT2D eigenvalue weighted by atomic mass is 9.92. The predicted molar refractivity (Wildman–Crippen MR) is 140 cm³/mol. The molecule has 0 aliphatic heterocycles. The number of hydrogen-bond acceptors (Lipinski definition) is 8. The van der Waals surface area contributed by atoms with Crippen molar-refractivity contribution in [2.75, 3.05) is 25.6 Å². The second-order valence-corrected chi connectivity index (χ2v) is 9.29. The maximum atomic E-state index is 15.1. The maximum absolute atomic E-state index is 15.1. The van der Waals surface area contributed by atoms with Gasteiger partial charge in [0.2, 0.25) is 0 Å². The highest BCUT2D eigenvalue weighted by molar-refractivity contribution is 5.91. The van der Waals surface area contributed by atoms with Gasteiger partial charge >= 0.3 is 5.92 Å². The molecule has 0 saturated carbocycles. The minimum Gasteiger partial charge on any atom is -0.493 e. The first kappa shape index (κ1) is 27.9. The van der Waals surface area contributed by atoms with E-state index >= 15 is 4.39 Å². The Kier molecular flexibility index (Phi) is 8.10. The van der Waals surface area contributed by atoms with Crippen molar-refractivity contribution in [2.45, 2.75) is 38.8 Å². The number of methoxy groups -OCH3 is 1. The van der Waals surface area contributed by atoms with Crippen LogP contribution in [0.1, 0.15) is 30.8 Å². The Morgan fingerprint density at radius 2 is 1.77 bits per heavy atom. The maximum Gasteiger partial charge on any atom is 0.303 e. The van der Waals surface area contributed by atoms with E-state index in [1.54, 1.807) is 43.6 Å². The van der Waals surface area contributed by atoms with Gasteiger partial charge < -0.3 is 24.6 Å². The molecule has 0 amide bonds. The van der Waals surface area contributed by atoms with Crippen LogP contribution in [0.2, 0.25) is 0 Å². The number of hydrogen-bond donors (Lipinski definition) is 2. The Morgan fingerprint density at radius 1 is 1.00 bits per heavy atom. The number of ether oxygens (including phenoxy) is 3. The van der Waals surface area contributed by atoms with E-state index in [0.717, 1.165) is 19.9 Å². The van der Waals surface area contributed by atoms with E-state index in [1.165, 1.54) is 19.2 Å². The van der Waals surface area contributed by atoms with Crippen LogP contribution < -0.4 is 19.5 Å². The van der Waals surface area contributed by atoms with Crippen molar-refractivity contribution in [3.63, 3.8) is 0 Å². The third-order valence-corrected chi connectivity index (χ3v) is 5.97. The number of alkyl halides is 2. The molecule has 0 radical (unpaired) electrons. The van der Waals surface area contributed by atoms with Crippen LogP contribution in [0.3, 0.4) is 0 Å². The summed E-state index contributed by atoms with van der Waals surface area (Å²) in [6.07, 6.45) is 3.24. The molecule has 11 heteroatoms. The summed E-state index contributed by atoms with van der Waals surface area (Å²) in [5, 5.41) is 13.5. The molecule has 0 unspecified atom stereocenters. The lowest BCUT2D eigenvalue weighted by Crippen LogP contribution is -2.41. The smallest absolute Gasteiger partial charge is 0.303 e. The molecule has 0 spiro atoms. The topological polar surface area (TPSA) is 98.6 Å². The van der Waals surface area contributed by atoms with Gasteiger partial charge in [-0.2, -0.15) is 8.78 Å². The van der Waals surface area contributed by atoms with E-state index in [2.05, 4.69) is 20.3 Å². The number of anilines is 1. The second-order valence-electron chi connectivity index (χ2n) is 9.29. The second kappa shape index (κ2) is 11.3. The summed E-state index contributed by atoms with van der Waals surface area (Å²) in [4.78, 5) is 12.9. The molecule has 4 aromatic rings. The summed E-state index contributed by atoms with van der Waals surface area (Å²) in [7, 11) is 1.51. The predicted octanol–water partition coefficient (Wildman–Crippen LogP) is 5.41. The highest BCUT2D eigenvalue weighted by Crippen LogP contribution is 2.40. The van der Waals surface area contributed by atoms with Crippen LogP contribution in [0.25, 0.3) is 10.9 Å². The lowest BCUT2D eigenvalue weighted by molar-refractivity contribution is -0.170. The van der Waals surface area contributed by atoms with Gasteiger partial charge in [0.25, 0.3) is 0 Å². The lowest BCUT2D eigenvalue weighted by Gasteiger charge is -2.30. The number of halogens is 3. The molecule has 2 aromatic heterocycles. The van der Waals surface area contributed by atoms with E-state index in [1.807, 2.05) is 0 Å². The summed E-state index contributed by atoms with van der Waals surface area (Å²) in [6, 6.07) is 10.6. The number of benzene rings is 2. The van der Waals surface area contributed by atoms with E-state index in [-0.39, 0.29) is 25.3 Å². The molecule has 39 heavy (non-hydrogen) atoms. The van der Waals surface area contributed by atoms with Gasteiger partial charge in [0, 0.05) is 29.8 Å². The van der Waals surface area contributed by atoms with Crippen molar-refractivity contribution in [1.29, 1.82) is 0 Å². The molecule has 2 aromatic carbocycles. The van der Waals surface area contributed by atoms with Gasteiger partial charge in [-0.05, 0) is 45.0 Å². The zero-order valence-corrected chi connectivity index (χ0v) is 22.0. The third kappa shape index (κ3) is 6.14. The van der Waals surface area contributed by atoms with Crippen molar-refractivity contribution in [3.8, 4) is 17.2 Å². The zero-order chi connectivity index (χ0) is 28.2. The van der Waals surface area contributed by atoms with E-state index < -0.39 is 22.9 Å². The van der Waals surface area contributed by atoms with Crippen LogP contribution in [0.15, 0.2) is 54.9 Å². The first-order chi connectivity index (χ1) is 18.5. The van der Waals surface area contributed by atoms with Crippen molar-refractivity contribution < 1.29 is 32.5 Å². The zero-order valence-electron chi connectivity index (χ0n) is 22.0. The van der Waals surface area contributed by atoms with Crippen LogP contribution in [0.4, 0.5) is 19.0 Å². The van der Waals surface area contributed by atoms with Crippen LogP contribution in [-0.4, -0.2) is 46.0 Å². The van der Waals surface area contributed by atoms with E-state index in [4.69, 9.17) is 14.2 Å². The van der Waals surface area contributed by atoms with Crippen LogP contribution >= 0.6 is 0 Å². The van der Waals surface area contributed by atoms with Crippen molar-refractivity contribution in [2.24, 2.45) is 0 Å². The molecule has 0 saturated heterocycles. The van der Waals surface area contributed by atoms with Crippen molar-refractivity contribution >= 4 is 16.7 Å². The minimum atomic E-state index is -3.80. The molecule has 206 valence electrons. The number of aromatic nitrogens is 3. The fourth-order valence-electron chi connectivity index (χ4n) is 3.87. The van der Waals surface area contributed by atoms with Gasteiger partial charge in [0.05, 0.1) is 24.4 Å². The van der Waals surface area contributed by atoms with Crippen molar-refractivity contribution in [3.05, 3.63) is 77.6 Å². The van der Waals surface area contributed by atoms with Crippen LogP contribution in [0.5, 0.6) is 17.2 Å². The van der Waals surface area contributed by atoms with Gasteiger partial charge in [-0.25, -0.2) is 14.4 Å². The van der Waals surface area contributed by atoms with Crippen LogP contribution in [0, 0.1) is 12.7 Å². The monoisotopic (exact) mass is 542 g/mol. The molecule has 8 nitrogen and oxygen atoms in total. The summed E-state index contributed by atoms with van der Waals surface area (Å²) in [6.45, 7) is 3.89. The van der Waals surface area contributed by atoms with Gasteiger partial charge in [0.1, 0.15) is 42.0 Å². The first-order valence-corrected chi connectivity index (χ1v) is 12.1. The molecule has 0 fully saturated rings. The molecule has 0 aliphatic carbocycles. The molecular formula is C28H29F3N4O4. The number of aryl methyl sites for hydroxylation is 1. The third-order valence-electron chi connectivity index (χ3n) is 5.97. The van der Waals surface area contributed by atoms with Gasteiger partial charge in [-0.3, -0.25) is 4.98 Å². The Morgan fingerprint density at radius 3 is 2.46 bits per heavy atom. The average Bonchev–Trinajstić information content (AvgIpc) is 2.89. The quantitative estimate of drug-likeness (QED) is 0.243. The molecular weight excluding hydrogens is 513 g/mol. The molecule has 0 bridgehead atoms. The molecule has 4 rings (SSSR count). The average molecular weight is 543 g/mol. The first-order valence-electron chi connectivity index (χ1n) is 12.1. The molecule has 2 N–H and O–H groups in total. The Labute approximate surface area is 223 Å². The summed E-state index contributed by atoms with van der Waals surface area (Å²) < 4.78 is 61.5. The number of rotatable bonds is 11. The van der Waals surface area contributed by atoms with E-state index in [0.29, 0.717) is 39.8 Å².